The van der Waals surface area contributed by atoms with E-state index in [1.807, 2.05) is 0 Å². The average Bonchev–Trinajstić information content (AvgIpc) is 3.05. The molecule has 0 saturated carbocycles. The van der Waals surface area contributed by atoms with Crippen molar-refractivity contribution in [1.29, 1.82) is 0 Å². The van der Waals surface area contributed by atoms with Crippen LogP contribution in [0, 0.1) is 0 Å². The molecule has 0 bridgehead atoms. The van der Waals surface area contributed by atoms with Gasteiger partial charge in [-0.25, -0.2) is 0 Å². The summed E-state index contributed by atoms with van der Waals surface area (Å²) >= 11 is 0. The number of ether oxygens (including phenoxy) is 1. The van der Waals surface area contributed by atoms with Crippen LogP contribution in [0.1, 0.15) is 22.3 Å². The van der Waals surface area contributed by atoms with Crippen molar-refractivity contribution in [3.63, 3.8) is 0 Å². The van der Waals surface area contributed by atoms with E-state index in [-0.39, 0.29) is 5.41 Å². The normalized spacial score (nSPS) is 19.1. The summed E-state index contributed by atoms with van der Waals surface area (Å²) in [6, 6.07) is 29.3. The Balaban J connectivity index is 1.63. The van der Waals surface area contributed by atoms with E-state index in [4.69, 9.17) is 4.74 Å². The fourth-order valence-electron chi connectivity index (χ4n) is 6.27. The van der Waals surface area contributed by atoms with Gasteiger partial charge in [0.2, 0.25) is 0 Å². The van der Waals surface area contributed by atoms with Crippen molar-refractivity contribution in [2.45, 2.75) is 18.3 Å². The zero-order chi connectivity index (χ0) is 19.2. The molecule has 1 heteroatoms. The van der Waals surface area contributed by atoms with Crippen molar-refractivity contribution >= 4 is 0 Å². The van der Waals surface area contributed by atoms with Crippen LogP contribution in [0.5, 0.6) is 5.75 Å². The first kappa shape index (κ1) is 15.6. The average molecular weight is 372 g/mol. The van der Waals surface area contributed by atoms with E-state index in [1.165, 1.54) is 55.6 Å². The van der Waals surface area contributed by atoms with Gasteiger partial charge in [0.25, 0.3) is 0 Å². The van der Waals surface area contributed by atoms with Crippen LogP contribution < -0.4 is 4.74 Å². The molecular formula is C28H20O. The first-order valence-electron chi connectivity index (χ1n) is 10.3. The summed E-state index contributed by atoms with van der Waals surface area (Å²) in [5.41, 5.74) is 14.4. The van der Waals surface area contributed by atoms with E-state index in [0.717, 1.165) is 18.6 Å². The van der Waals surface area contributed by atoms with Gasteiger partial charge < -0.3 is 4.74 Å². The Morgan fingerprint density at radius 1 is 0.586 bits per heavy atom. The smallest absolute Gasteiger partial charge is 0.119 e. The molecular weight excluding hydrogens is 352 g/mol. The predicted molar refractivity (Wildman–Crippen MR) is 117 cm³/mol. The maximum atomic E-state index is 5.58. The van der Waals surface area contributed by atoms with Gasteiger partial charge in [0, 0.05) is 5.41 Å². The molecule has 4 aromatic rings. The first-order valence-corrected chi connectivity index (χ1v) is 10.3. The molecule has 3 aliphatic rings. The van der Waals surface area contributed by atoms with E-state index in [2.05, 4.69) is 78.9 Å². The molecule has 3 aliphatic carbocycles. The fraction of sp³-hybridized carbons (Fsp3) is 0.143. The molecule has 0 aliphatic heterocycles. The van der Waals surface area contributed by atoms with Gasteiger partial charge >= 0.3 is 0 Å². The Labute approximate surface area is 170 Å². The van der Waals surface area contributed by atoms with Crippen LogP contribution in [0.3, 0.4) is 0 Å². The molecule has 0 aromatic heterocycles. The third-order valence-electron chi connectivity index (χ3n) is 7.27. The van der Waals surface area contributed by atoms with Gasteiger partial charge in [-0.3, -0.25) is 0 Å². The Kier molecular flexibility index (Phi) is 2.78. The third kappa shape index (κ3) is 1.77. The van der Waals surface area contributed by atoms with Gasteiger partial charge in [-0.1, -0.05) is 66.7 Å². The van der Waals surface area contributed by atoms with Gasteiger partial charge in [0.15, 0.2) is 0 Å². The quantitative estimate of drug-likeness (QED) is 0.375. The SMILES string of the molecule is COc1ccc2c(c1)CC13Cc4ccccc4-c4cccc(c41)-c1cccc-2c13. The number of fused-ring (bicyclic) bond motifs is 5. The molecule has 0 saturated heterocycles. The zero-order valence-electron chi connectivity index (χ0n) is 16.3. The molecule has 29 heavy (non-hydrogen) atoms. The third-order valence-corrected chi connectivity index (χ3v) is 7.27. The van der Waals surface area contributed by atoms with Gasteiger partial charge in [0.05, 0.1) is 7.11 Å². The Bertz CT molecular complexity index is 1350. The zero-order valence-corrected chi connectivity index (χ0v) is 16.3. The summed E-state index contributed by atoms with van der Waals surface area (Å²) in [4.78, 5) is 0. The lowest BCUT2D eigenvalue weighted by atomic mass is 9.60. The standard InChI is InChI=1S/C28H20O/c1-29-19-12-13-21-18(14-19)16-28-15-17-6-2-3-7-20(17)22-8-4-10-24(26(22)28)25-11-5-9-23(21)27(25)28/h2-14H,15-16H2,1H3. The highest BCUT2D eigenvalue weighted by molar-refractivity contribution is 5.97. The highest BCUT2D eigenvalue weighted by Crippen LogP contribution is 2.62. The van der Waals surface area contributed by atoms with Gasteiger partial charge in [-0.05, 0) is 80.6 Å². The van der Waals surface area contributed by atoms with Gasteiger partial charge in [-0.2, -0.15) is 0 Å². The summed E-state index contributed by atoms with van der Waals surface area (Å²) < 4.78 is 5.58. The Hall–Kier alpha value is -3.32. The predicted octanol–water partition coefficient (Wildman–Crippen LogP) is 6.41. The lowest BCUT2D eigenvalue weighted by Gasteiger charge is -2.42. The summed E-state index contributed by atoms with van der Waals surface area (Å²) in [5.74, 6) is 0.947. The van der Waals surface area contributed by atoms with Crippen LogP contribution in [0.25, 0.3) is 33.4 Å². The van der Waals surface area contributed by atoms with Crippen molar-refractivity contribution in [2.75, 3.05) is 7.11 Å². The Morgan fingerprint density at radius 3 is 1.83 bits per heavy atom. The summed E-state index contributed by atoms with van der Waals surface area (Å²) in [7, 11) is 1.76. The lowest BCUT2D eigenvalue weighted by molar-refractivity contribution is 0.413. The summed E-state index contributed by atoms with van der Waals surface area (Å²) in [5, 5.41) is 0. The second kappa shape index (κ2) is 5.18. The van der Waals surface area contributed by atoms with Crippen molar-refractivity contribution in [2.24, 2.45) is 0 Å². The molecule has 4 aromatic carbocycles. The lowest BCUT2D eigenvalue weighted by Crippen LogP contribution is -2.36. The van der Waals surface area contributed by atoms with E-state index < -0.39 is 0 Å². The van der Waals surface area contributed by atoms with Crippen molar-refractivity contribution in [3.05, 3.63) is 101 Å². The molecule has 0 radical (unpaired) electrons. The number of hydrogen-bond donors (Lipinski definition) is 0. The molecule has 0 amide bonds. The molecule has 1 atom stereocenters. The number of benzene rings is 4. The first-order chi connectivity index (χ1) is 14.3. The van der Waals surface area contributed by atoms with E-state index in [0.29, 0.717) is 0 Å². The molecule has 7 rings (SSSR count). The van der Waals surface area contributed by atoms with Crippen LogP contribution in [0.4, 0.5) is 0 Å². The minimum atomic E-state index is 0.0194. The van der Waals surface area contributed by atoms with Crippen LogP contribution in [0.15, 0.2) is 78.9 Å². The highest BCUT2D eigenvalue weighted by Gasteiger charge is 2.50. The Morgan fingerprint density at radius 2 is 1.14 bits per heavy atom. The number of hydrogen-bond acceptors (Lipinski definition) is 1. The summed E-state index contributed by atoms with van der Waals surface area (Å²) in [6.07, 6.45) is 2.09. The molecule has 138 valence electrons. The monoisotopic (exact) mass is 372 g/mol. The molecule has 0 fully saturated rings. The molecule has 0 N–H and O–H groups in total. The van der Waals surface area contributed by atoms with Crippen LogP contribution >= 0.6 is 0 Å². The van der Waals surface area contributed by atoms with E-state index in [9.17, 15) is 0 Å². The second-order valence-electron chi connectivity index (χ2n) is 8.57. The van der Waals surface area contributed by atoms with Gasteiger partial charge in [0.1, 0.15) is 5.75 Å². The molecule has 0 heterocycles. The van der Waals surface area contributed by atoms with Crippen LogP contribution in [-0.2, 0) is 18.3 Å². The van der Waals surface area contributed by atoms with Crippen molar-refractivity contribution in [1.82, 2.24) is 0 Å². The largest absolute Gasteiger partial charge is 0.497 e. The maximum Gasteiger partial charge on any atom is 0.119 e. The topological polar surface area (TPSA) is 9.23 Å². The maximum absolute atomic E-state index is 5.58. The van der Waals surface area contributed by atoms with Crippen molar-refractivity contribution in [3.8, 4) is 39.1 Å². The summed E-state index contributed by atoms with van der Waals surface area (Å²) in [6.45, 7) is 0. The van der Waals surface area contributed by atoms with E-state index >= 15 is 0 Å². The fourth-order valence-corrected chi connectivity index (χ4v) is 6.27. The van der Waals surface area contributed by atoms with Crippen LogP contribution in [0.2, 0.25) is 0 Å². The van der Waals surface area contributed by atoms with Gasteiger partial charge in [-0.15, -0.1) is 0 Å². The number of methoxy groups -OCH3 is 1. The molecule has 1 spiro atoms. The minimum absolute atomic E-state index is 0.0194. The highest BCUT2D eigenvalue weighted by atomic mass is 16.5. The minimum Gasteiger partial charge on any atom is -0.497 e. The second-order valence-corrected chi connectivity index (χ2v) is 8.57. The van der Waals surface area contributed by atoms with E-state index in [1.54, 1.807) is 7.11 Å². The van der Waals surface area contributed by atoms with Crippen molar-refractivity contribution < 1.29 is 4.74 Å². The molecule has 1 nitrogen and oxygen atoms in total. The number of rotatable bonds is 1. The molecule has 1 unspecified atom stereocenters. The van der Waals surface area contributed by atoms with Crippen LogP contribution in [-0.4, -0.2) is 7.11 Å².